The number of aliphatic hydroxyl groups is 1. The van der Waals surface area contributed by atoms with Crippen LogP contribution in [-0.2, 0) is 6.54 Å². The first kappa shape index (κ1) is 12.5. The lowest BCUT2D eigenvalue weighted by atomic mass is 9.93. The van der Waals surface area contributed by atoms with E-state index in [9.17, 15) is 9.50 Å². The first-order chi connectivity index (χ1) is 8.22. The van der Waals surface area contributed by atoms with Crippen molar-refractivity contribution in [3.05, 3.63) is 35.6 Å². The van der Waals surface area contributed by atoms with Gasteiger partial charge in [0.25, 0.3) is 0 Å². The minimum Gasteiger partial charge on any atom is -0.394 e. The van der Waals surface area contributed by atoms with E-state index in [-0.39, 0.29) is 18.0 Å². The van der Waals surface area contributed by atoms with Crippen molar-refractivity contribution in [2.45, 2.75) is 38.3 Å². The summed E-state index contributed by atoms with van der Waals surface area (Å²) >= 11 is 0. The zero-order chi connectivity index (χ0) is 12.3. The van der Waals surface area contributed by atoms with Gasteiger partial charge in [0.2, 0.25) is 0 Å². The largest absolute Gasteiger partial charge is 0.394 e. The lowest BCUT2D eigenvalue weighted by Crippen LogP contribution is -2.46. The maximum atomic E-state index is 13.6. The van der Waals surface area contributed by atoms with Gasteiger partial charge in [0.15, 0.2) is 0 Å². The highest BCUT2D eigenvalue weighted by Gasteiger charge is 2.38. The van der Waals surface area contributed by atoms with Gasteiger partial charge in [-0.25, -0.2) is 4.39 Å². The summed E-state index contributed by atoms with van der Waals surface area (Å²) in [6.07, 6.45) is 3.01. The van der Waals surface area contributed by atoms with Crippen LogP contribution in [0.3, 0.4) is 0 Å². The van der Waals surface area contributed by atoms with E-state index in [1.807, 2.05) is 12.1 Å². The molecule has 0 unspecified atom stereocenters. The van der Waals surface area contributed by atoms with E-state index in [1.54, 1.807) is 6.07 Å². The SMILES string of the molecule is CC[C@]1(CO)CCCN1Cc1ccccc1F. The topological polar surface area (TPSA) is 23.5 Å². The van der Waals surface area contributed by atoms with Gasteiger partial charge in [-0.2, -0.15) is 0 Å². The summed E-state index contributed by atoms with van der Waals surface area (Å²) < 4.78 is 13.6. The maximum absolute atomic E-state index is 13.6. The number of halogens is 1. The number of aliphatic hydroxyl groups excluding tert-OH is 1. The van der Waals surface area contributed by atoms with Crippen molar-refractivity contribution in [1.29, 1.82) is 0 Å². The molecular formula is C14H20FNO. The summed E-state index contributed by atoms with van der Waals surface area (Å²) in [4.78, 5) is 2.23. The van der Waals surface area contributed by atoms with Crippen LogP contribution in [0, 0.1) is 5.82 Å². The van der Waals surface area contributed by atoms with Gasteiger partial charge < -0.3 is 5.11 Å². The Morgan fingerprint density at radius 3 is 2.82 bits per heavy atom. The van der Waals surface area contributed by atoms with E-state index >= 15 is 0 Å². The van der Waals surface area contributed by atoms with E-state index in [2.05, 4.69) is 11.8 Å². The van der Waals surface area contributed by atoms with Crippen molar-refractivity contribution in [2.24, 2.45) is 0 Å². The van der Waals surface area contributed by atoms with Crippen LogP contribution in [0.5, 0.6) is 0 Å². The molecule has 1 aliphatic heterocycles. The summed E-state index contributed by atoms with van der Waals surface area (Å²) in [7, 11) is 0. The van der Waals surface area contributed by atoms with Crippen molar-refractivity contribution < 1.29 is 9.50 Å². The molecule has 0 aromatic heterocycles. The van der Waals surface area contributed by atoms with Crippen molar-refractivity contribution in [2.75, 3.05) is 13.2 Å². The van der Waals surface area contributed by atoms with Crippen LogP contribution in [0.15, 0.2) is 24.3 Å². The molecule has 0 amide bonds. The van der Waals surface area contributed by atoms with Crippen LogP contribution >= 0.6 is 0 Å². The minimum absolute atomic E-state index is 0.137. The summed E-state index contributed by atoms with van der Waals surface area (Å²) in [5.41, 5.74) is 0.586. The van der Waals surface area contributed by atoms with Crippen LogP contribution in [0.1, 0.15) is 31.7 Å². The molecule has 0 saturated carbocycles. The highest BCUT2D eigenvalue weighted by molar-refractivity contribution is 5.18. The van der Waals surface area contributed by atoms with Gasteiger partial charge in [-0.3, -0.25) is 4.90 Å². The molecule has 3 heteroatoms. The Morgan fingerprint density at radius 2 is 2.18 bits per heavy atom. The summed E-state index contributed by atoms with van der Waals surface area (Å²) in [5, 5.41) is 9.60. The molecule has 0 bridgehead atoms. The van der Waals surface area contributed by atoms with Gasteiger partial charge in [-0.15, -0.1) is 0 Å². The molecule has 1 aromatic carbocycles. The molecular weight excluding hydrogens is 217 g/mol. The lowest BCUT2D eigenvalue weighted by molar-refractivity contribution is 0.0541. The number of nitrogens with zero attached hydrogens (tertiary/aromatic N) is 1. The Hall–Kier alpha value is -0.930. The third kappa shape index (κ3) is 2.35. The second-order valence-electron chi connectivity index (χ2n) is 4.85. The number of hydrogen-bond donors (Lipinski definition) is 1. The van der Waals surface area contributed by atoms with Gasteiger partial charge in [-0.05, 0) is 31.9 Å². The number of hydrogen-bond acceptors (Lipinski definition) is 2. The summed E-state index contributed by atoms with van der Waals surface area (Å²) in [5.74, 6) is -0.151. The monoisotopic (exact) mass is 237 g/mol. The smallest absolute Gasteiger partial charge is 0.127 e. The highest BCUT2D eigenvalue weighted by Crippen LogP contribution is 2.33. The Labute approximate surface area is 102 Å². The van der Waals surface area contributed by atoms with Gasteiger partial charge in [0.1, 0.15) is 5.82 Å². The van der Waals surface area contributed by atoms with Crippen molar-refractivity contribution in [3.63, 3.8) is 0 Å². The quantitative estimate of drug-likeness (QED) is 0.870. The van der Waals surface area contributed by atoms with Gasteiger partial charge >= 0.3 is 0 Å². The number of likely N-dealkylation sites (tertiary alicyclic amines) is 1. The lowest BCUT2D eigenvalue weighted by Gasteiger charge is -2.36. The molecule has 1 aromatic rings. The Kier molecular flexibility index (Phi) is 3.79. The van der Waals surface area contributed by atoms with E-state index in [0.29, 0.717) is 6.54 Å². The van der Waals surface area contributed by atoms with Gasteiger partial charge in [0.05, 0.1) is 6.61 Å². The van der Waals surface area contributed by atoms with Crippen LogP contribution < -0.4 is 0 Å². The predicted octanol–water partition coefficient (Wildman–Crippen LogP) is 2.56. The zero-order valence-electron chi connectivity index (χ0n) is 10.3. The van der Waals surface area contributed by atoms with E-state index in [1.165, 1.54) is 6.07 Å². The summed E-state index contributed by atoms with van der Waals surface area (Å²) in [6.45, 7) is 3.80. The molecule has 1 heterocycles. The van der Waals surface area contributed by atoms with E-state index < -0.39 is 0 Å². The second-order valence-corrected chi connectivity index (χ2v) is 4.85. The Morgan fingerprint density at radius 1 is 1.41 bits per heavy atom. The average molecular weight is 237 g/mol. The molecule has 1 N–H and O–H groups in total. The van der Waals surface area contributed by atoms with Crippen molar-refractivity contribution >= 4 is 0 Å². The van der Waals surface area contributed by atoms with Crippen LogP contribution in [0.25, 0.3) is 0 Å². The average Bonchev–Trinajstić information content (AvgIpc) is 2.75. The van der Waals surface area contributed by atoms with Crippen LogP contribution in [0.4, 0.5) is 4.39 Å². The number of rotatable bonds is 4. The molecule has 94 valence electrons. The second kappa shape index (κ2) is 5.15. The number of benzene rings is 1. The maximum Gasteiger partial charge on any atom is 0.127 e. The molecule has 1 aliphatic rings. The van der Waals surface area contributed by atoms with E-state index in [4.69, 9.17) is 0 Å². The van der Waals surface area contributed by atoms with Crippen molar-refractivity contribution in [3.8, 4) is 0 Å². The summed E-state index contributed by atoms with van der Waals surface area (Å²) in [6, 6.07) is 6.90. The highest BCUT2D eigenvalue weighted by atomic mass is 19.1. The first-order valence-corrected chi connectivity index (χ1v) is 6.31. The van der Waals surface area contributed by atoms with Gasteiger partial charge in [-0.1, -0.05) is 25.1 Å². The Balaban J connectivity index is 2.16. The molecule has 0 aliphatic carbocycles. The van der Waals surface area contributed by atoms with Gasteiger partial charge in [0, 0.05) is 17.6 Å². The molecule has 2 nitrogen and oxygen atoms in total. The third-order valence-electron chi connectivity index (χ3n) is 4.01. The molecule has 1 atom stereocenters. The molecule has 2 rings (SSSR count). The zero-order valence-corrected chi connectivity index (χ0v) is 10.3. The van der Waals surface area contributed by atoms with E-state index in [0.717, 1.165) is 31.4 Å². The fourth-order valence-electron chi connectivity index (χ4n) is 2.76. The van der Waals surface area contributed by atoms with Crippen molar-refractivity contribution in [1.82, 2.24) is 4.90 Å². The fourth-order valence-corrected chi connectivity index (χ4v) is 2.76. The standard InChI is InChI=1S/C14H20FNO/c1-2-14(11-17)8-5-9-16(14)10-12-6-3-4-7-13(12)15/h3-4,6-7,17H,2,5,8-11H2,1H3/t14-/m1/s1. The van der Waals surface area contributed by atoms with Crippen LogP contribution in [0.2, 0.25) is 0 Å². The Bertz CT molecular complexity index is 376. The normalized spacial score (nSPS) is 25.4. The molecule has 0 radical (unpaired) electrons. The molecule has 1 saturated heterocycles. The molecule has 1 fully saturated rings. The predicted molar refractivity (Wildman–Crippen MR) is 66.2 cm³/mol. The minimum atomic E-state index is -0.151. The van der Waals surface area contributed by atoms with Crippen LogP contribution in [-0.4, -0.2) is 28.7 Å². The first-order valence-electron chi connectivity index (χ1n) is 6.31. The molecule has 0 spiro atoms. The third-order valence-corrected chi connectivity index (χ3v) is 4.01. The fraction of sp³-hybridized carbons (Fsp3) is 0.571. The molecule has 17 heavy (non-hydrogen) atoms.